The van der Waals surface area contributed by atoms with Gasteiger partial charge in [-0.3, -0.25) is 9.78 Å². The van der Waals surface area contributed by atoms with Crippen LogP contribution in [0.3, 0.4) is 0 Å². The molecule has 0 fully saturated rings. The lowest BCUT2D eigenvalue weighted by atomic mass is 10.00. The molecule has 3 aromatic rings. The second-order valence-electron chi connectivity index (χ2n) is 6.75. The highest BCUT2D eigenvalue weighted by atomic mass is 16.5. The van der Waals surface area contributed by atoms with Crippen molar-refractivity contribution in [1.82, 2.24) is 4.98 Å². The van der Waals surface area contributed by atoms with Crippen LogP contribution in [0.25, 0.3) is 10.8 Å². The van der Waals surface area contributed by atoms with Crippen molar-refractivity contribution >= 4 is 17.1 Å². The molecule has 0 spiro atoms. The van der Waals surface area contributed by atoms with Crippen molar-refractivity contribution < 1.29 is 19.0 Å². The van der Waals surface area contributed by atoms with Crippen molar-refractivity contribution in [3.8, 4) is 17.2 Å². The third-order valence-corrected chi connectivity index (χ3v) is 4.36. The maximum atomic E-state index is 11.6. The molecule has 0 amide bonds. The number of carbonyl (C=O) groups excluding carboxylic acids is 1. The number of methoxy groups -OCH3 is 1. The monoisotopic (exact) mass is 379 g/mol. The zero-order valence-corrected chi connectivity index (χ0v) is 16.7. The predicted octanol–water partition coefficient (Wildman–Crippen LogP) is 4.83. The number of hydrogen-bond donors (Lipinski definition) is 0. The van der Waals surface area contributed by atoms with E-state index in [9.17, 15) is 4.79 Å². The van der Waals surface area contributed by atoms with Crippen LogP contribution < -0.4 is 14.2 Å². The molecular formula is C23H25NO4. The van der Waals surface area contributed by atoms with E-state index in [0.717, 1.165) is 34.1 Å². The molecule has 5 nitrogen and oxygen atoms in total. The molecule has 0 unspecified atom stereocenters. The SMILES string of the molecule is CCOc1cccc(Cc2ncc(C=O)c3cc(OC(C)C)c(OC)cc23)c1. The van der Waals surface area contributed by atoms with E-state index in [1.165, 1.54) is 0 Å². The van der Waals surface area contributed by atoms with Crippen LogP contribution in [0.15, 0.2) is 42.6 Å². The fourth-order valence-corrected chi connectivity index (χ4v) is 3.17. The summed E-state index contributed by atoms with van der Waals surface area (Å²) in [6.07, 6.45) is 3.04. The molecule has 1 aromatic heterocycles. The highest BCUT2D eigenvalue weighted by Crippen LogP contribution is 2.36. The van der Waals surface area contributed by atoms with Crippen LogP contribution in [0, 0.1) is 0 Å². The largest absolute Gasteiger partial charge is 0.494 e. The molecule has 28 heavy (non-hydrogen) atoms. The Hall–Kier alpha value is -3.08. The first-order valence-corrected chi connectivity index (χ1v) is 9.38. The first kappa shape index (κ1) is 19.7. The standard InChI is InChI=1S/C23H25NO4/c1-5-27-18-8-6-7-16(9-18)10-21-20-12-22(26-4)23(28-15(2)3)11-19(20)17(14-25)13-24-21/h6-9,11-15H,5,10H2,1-4H3. The molecule has 1 heterocycles. The minimum absolute atomic E-state index is 0.00589. The molecule has 0 N–H and O–H groups in total. The van der Waals surface area contributed by atoms with Crippen molar-refractivity contribution in [2.24, 2.45) is 0 Å². The highest BCUT2D eigenvalue weighted by Gasteiger charge is 2.15. The summed E-state index contributed by atoms with van der Waals surface area (Å²) in [5.41, 5.74) is 2.47. The highest BCUT2D eigenvalue weighted by molar-refractivity contribution is 6.00. The Labute approximate surface area is 165 Å². The molecular weight excluding hydrogens is 354 g/mol. The molecule has 0 radical (unpaired) electrons. The Bertz CT molecular complexity index is 982. The van der Waals surface area contributed by atoms with Gasteiger partial charge in [-0.1, -0.05) is 12.1 Å². The van der Waals surface area contributed by atoms with Gasteiger partial charge in [0.1, 0.15) is 5.75 Å². The van der Waals surface area contributed by atoms with Crippen LogP contribution >= 0.6 is 0 Å². The minimum atomic E-state index is -0.00589. The van der Waals surface area contributed by atoms with Crippen LogP contribution in [0.2, 0.25) is 0 Å². The number of aromatic nitrogens is 1. The van der Waals surface area contributed by atoms with Crippen molar-refractivity contribution in [2.45, 2.75) is 33.3 Å². The lowest BCUT2D eigenvalue weighted by molar-refractivity contribution is 0.112. The average molecular weight is 379 g/mol. The number of carbonyl (C=O) groups is 1. The molecule has 0 aliphatic heterocycles. The maximum absolute atomic E-state index is 11.6. The van der Waals surface area contributed by atoms with Gasteiger partial charge in [0.05, 0.1) is 25.5 Å². The summed E-state index contributed by atoms with van der Waals surface area (Å²) in [6.45, 7) is 6.48. The van der Waals surface area contributed by atoms with Crippen molar-refractivity contribution in [2.75, 3.05) is 13.7 Å². The van der Waals surface area contributed by atoms with E-state index >= 15 is 0 Å². The molecule has 5 heteroatoms. The first-order valence-electron chi connectivity index (χ1n) is 9.38. The minimum Gasteiger partial charge on any atom is -0.494 e. The quantitative estimate of drug-likeness (QED) is 0.525. The number of pyridine rings is 1. The molecule has 0 aliphatic rings. The van der Waals surface area contributed by atoms with Crippen molar-refractivity contribution in [3.63, 3.8) is 0 Å². The summed E-state index contributed by atoms with van der Waals surface area (Å²) in [7, 11) is 1.61. The topological polar surface area (TPSA) is 57.7 Å². The fourth-order valence-electron chi connectivity index (χ4n) is 3.17. The number of ether oxygens (including phenoxy) is 3. The zero-order chi connectivity index (χ0) is 20.1. The van der Waals surface area contributed by atoms with Gasteiger partial charge >= 0.3 is 0 Å². The molecule has 0 atom stereocenters. The second kappa shape index (κ2) is 8.74. The van der Waals surface area contributed by atoms with E-state index in [0.29, 0.717) is 30.1 Å². The maximum Gasteiger partial charge on any atom is 0.162 e. The predicted molar refractivity (Wildman–Crippen MR) is 110 cm³/mol. The summed E-state index contributed by atoms with van der Waals surface area (Å²) in [5, 5.41) is 1.68. The molecule has 2 aromatic carbocycles. The van der Waals surface area contributed by atoms with Gasteiger partial charge in [-0.15, -0.1) is 0 Å². The fraction of sp³-hybridized carbons (Fsp3) is 0.304. The summed E-state index contributed by atoms with van der Waals surface area (Å²) in [4.78, 5) is 16.1. The van der Waals surface area contributed by atoms with Gasteiger partial charge in [0.15, 0.2) is 17.8 Å². The van der Waals surface area contributed by atoms with E-state index in [4.69, 9.17) is 14.2 Å². The van der Waals surface area contributed by atoms with Crippen LogP contribution in [-0.4, -0.2) is 31.1 Å². The zero-order valence-electron chi connectivity index (χ0n) is 16.7. The number of aldehydes is 1. The first-order chi connectivity index (χ1) is 13.5. The van der Waals surface area contributed by atoms with Crippen LogP contribution in [-0.2, 0) is 6.42 Å². The van der Waals surface area contributed by atoms with Gasteiger partial charge in [0.25, 0.3) is 0 Å². The van der Waals surface area contributed by atoms with Gasteiger partial charge in [-0.05, 0) is 56.0 Å². The number of benzene rings is 2. The molecule has 3 rings (SSSR count). The third-order valence-electron chi connectivity index (χ3n) is 4.36. The van der Waals surface area contributed by atoms with Gasteiger partial charge < -0.3 is 14.2 Å². The normalized spacial score (nSPS) is 10.9. The lowest BCUT2D eigenvalue weighted by Crippen LogP contribution is -2.07. The number of fused-ring (bicyclic) bond motifs is 1. The number of rotatable bonds is 8. The Morgan fingerprint density at radius 3 is 2.57 bits per heavy atom. The van der Waals surface area contributed by atoms with E-state index in [1.807, 2.05) is 57.2 Å². The van der Waals surface area contributed by atoms with Crippen LogP contribution in [0.5, 0.6) is 17.2 Å². The number of nitrogens with zero attached hydrogens (tertiary/aromatic N) is 1. The van der Waals surface area contributed by atoms with E-state index < -0.39 is 0 Å². The van der Waals surface area contributed by atoms with Gasteiger partial charge in [-0.25, -0.2) is 0 Å². The smallest absolute Gasteiger partial charge is 0.162 e. The van der Waals surface area contributed by atoms with Gasteiger partial charge in [0, 0.05) is 23.6 Å². The average Bonchev–Trinajstić information content (AvgIpc) is 2.68. The van der Waals surface area contributed by atoms with Crippen LogP contribution in [0.1, 0.15) is 42.4 Å². The third kappa shape index (κ3) is 4.25. The van der Waals surface area contributed by atoms with Gasteiger partial charge in [-0.2, -0.15) is 0 Å². The molecule has 0 aliphatic carbocycles. The lowest BCUT2D eigenvalue weighted by Gasteiger charge is -2.16. The molecule has 0 saturated heterocycles. The van der Waals surface area contributed by atoms with E-state index in [-0.39, 0.29) is 6.10 Å². The summed E-state index contributed by atoms with van der Waals surface area (Å²) >= 11 is 0. The van der Waals surface area contributed by atoms with Crippen molar-refractivity contribution in [3.05, 3.63) is 59.4 Å². The molecule has 0 saturated carbocycles. The summed E-state index contributed by atoms with van der Waals surface area (Å²) in [5.74, 6) is 2.07. The van der Waals surface area contributed by atoms with Crippen molar-refractivity contribution in [1.29, 1.82) is 0 Å². The summed E-state index contributed by atoms with van der Waals surface area (Å²) in [6, 6.07) is 11.7. The Morgan fingerprint density at radius 1 is 1.11 bits per heavy atom. The van der Waals surface area contributed by atoms with E-state index in [2.05, 4.69) is 4.98 Å². The van der Waals surface area contributed by atoms with Crippen LogP contribution in [0.4, 0.5) is 0 Å². The Morgan fingerprint density at radius 2 is 1.89 bits per heavy atom. The van der Waals surface area contributed by atoms with Gasteiger partial charge in [0.2, 0.25) is 0 Å². The molecule has 146 valence electrons. The summed E-state index contributed by atoms with van der Waals surface area (Å²) < 4.78 is 17.0. The Kier molecular flexibility index (Phi) is 6.14. The molecule has 0 bridgehead atoms. The van der Waals surface area contributed by atoms with E-state index in [1.54, 1.807) is 13.3 Å². The Balaban J connectivity index is 2.10. The number of hydrogen-bond acceptors (Lipinski definition) is 5. The second-order valence-corrected chi connectivity index (χ2v) is 6.75.